The zero-order valence-electron chi connectivity index (χ0n) is 10.3. The molecule has 0 radical (unpaired) electrons. The Morgan fingerprint density at radius 2 is 1.95 bits per heavy atom. The Labute approximate surface area is 110 Å². The van der Waals surface area contributed by atoms with Crippen LogP contribution in [-0.2, 0) is 0 Å². The lowest BCUT2D eigenvalue weighted by Crippen LogP contribution is -2.00. The molecule has 1 N–H and O–H groups in total. The van der Waals surface area contributed by atoms with E-state index in [1.54, 1.807) is 36.4 Å². The number of aromatic carboxylic acids is 1. The number of carboxylic acids is 1. The Hall–Kier alpha value is -2.80. The van der Waals surface area contributed by atoms with E-state index in [-0.39, 0.29) is 11.3 Å². The smallest absolute Gasteiger partial charge is 0.339 e. The number of aryl methyl sites for hydroxylation is 1. The van der Waals surface area contributed by atoms with Crippen molar-refractivity contribution in [3.8, 4) is 17.6 Å². The van der Waals surface area contributed by atoms with Crippen molar-refractivity contribution >= 4 is 5.97 Å². The molecule has 19 heavy (non-hydrogen) atoms. The summed E-state index contributed by atoms with van der Waals surface area (Å²) in [6.07, 6.45) is 0. The van der Waals surface area contributed by atoms with Gasteiger partial charge < -0.3 is 9.84 Å². The van der Waals surface area contributed by atoms with Crippen LogP contribution in [0.4, 0.5) is 0 Å². The third kappa shape index (κ3) is 2.72. The molecule has 0 saturated heterocycles. The number of para-hydroxylation sites is 1. The van der Waals surface area contributed by atoms with Crippen LogP contribution in [0.2, 0.25) is 0 Å². The standard InChI is InChI=1S/C15H11NO3/c1-10-6-7-11(9-16)14(8-10)19-13-5-3-2-4-12(13)15(17)18/h2-8H,1H3,(H,17,18). The van der Waals surface area contributed by atoms with E-state index in [0.717, 1.165) is 5.56 Å². The highest BCUT2D eigenvalue weighted by Gasteiger charge is 2.12. The number of nitriles is 1. The zero-order chi connectivity index (χ0) is 13.8. The molecular weight excluding hydrogens is 242 g/mol. The maximum absolute atomic E-state index is 11.1. The van der Waals surface area contributed by atoms with Crippen LogP contribution in [0.25, 0.3) is 0 Å². The Bertz CT molecular complexity index is 671. The molecule has 0 amide bonds. The van der Waals surface area contributed by atoms with Gasteiger partial charge in [0.15, 0.2) is 0 Å². The van der Waals surface area contributed by atoms with Gasteiger partial charge in [-0.25, -0.2) is 4.79 Å². The lowest BCUT2D eigenvalue weighted by atomic mass is 10.1. The van der Waals surface area contributed by atoms with E-state index in [1.807, 2.05) is 13.0 Å². The fourth-order valence-corrected chi connectivity index (χ4v) is 1.66. The fraction of sp³-hybridized carbons (Fsp3) is 0.0667. The molecule has 0 atom stereocenters. The van der Waals surface area contributed by atoms with Gasteiger partial charge in [-0.2, -0.15) is 5.26 Å². The van der Waals surface area contributed by atoms with Gasteiger partial charge >= 0.3 is 5.97 Å². The third-order valence-corrected chi connectivity index (χ3v) is 2.59. The lowest BCUT2D eigenvalue weighted by molar-refractivity contribution is 0.0694. The van der Waals surface area contributed by atoms with E-state index in [1.165, 1.54) is 6.07 Å². The van der Waals surface area contributed by atoms with Gasteiger partial charge in [-0.05, 0) is 36.8 Å². The number of nitrogens with zero attached hydrogens (tertiary/aromatic N) is 1. The summed E-state index contributed by atoms with van der Waals surface area (Å²) < 4.78 is 5.57. The average Bonchev–Trinajstić information content (AvgIpc) is 2.39. The predicted molar refractivity (Wildman–Crippen MR) is 69.4 cm³/mol. The van der Waals surface area contributed by atoms with Crippen molar-refractivity contribution < 1.29 is 14.6 Å². The van der Waals surface area contributed by atoms with Gasteiger partial charge in [0.05, 0.1) is 5.56 Å². The van der Waals surface area contributed by atoms with Crippen molar-refractivity contribution in [2.75, 3.05) is 0 Å². The molecule has 0 fully saturated rings. The molecule has 2 aromatic carbocycles. The highest BCUT2D eigenvalue weighted by Crippen LogP contribution is 2.28. The molecule has 0 spiro atoms. The molecule has 4 nitrogen and oxygen atoms in total. The molecule has 0 aliphatic carbocycles. The molecule has 0 bridgehead atoms. The van der Waals surface area contributed by atoms with E-state index in [9.17, 15) is 4.79 Å². The largest absolute Gasteiger partial charge is 0.478 e. The van der Waals surface area contributed by atoms with Crippen molar-refractivity contribution in [2.24, 2.45) is 0 Å². The van der Waals surface area contributed by atoms with Crippen molar-refractivity contribution in [3.05, 3.63) is 59.2 Å². The number of rotatable bonds is 3. The second-order valence-corrected chi connectivity index (χ2v) is 4.01. The van der Waals surface area contributed by atoms with Crippen molar-refractivity contribution in [1.29, 1.82) is 5.26 Å². The van der Waals surface area contributed by atoms with Gasteiger partial charge in [-0.1, -0.05) is 18.2 Å². The van der Waals surface area contributed by atoms with Gasteiger partial charge in [-0.3, -0.25) is 0 Å². The Morgan fingerprint density at radius 1 is 1.21 bits per heavy atom. The van der Waals surface area contributed by atoms with Crippen molar-refractivity contribution in [3.63, 3.8) is 0 Å². The number of hydrogen-bond donors (Lipinski definition) is 1. The first kappa shape index (κ1) is 12.7. The molecule has 0 aliphatic rings. The lowest BCUT2D eigenvalue weighted by Gasteiger charge is -2.10. The molecule has 2 rings (SSSR count). The quantitative estimate of drug-likeness (QED) is 0.910. The number of ether oxygens (including phenoxy) is 1. The van der Waals surface area contributed by atoms with Crippen LogP contribution in [0.1, 0.15) is 21.5 Å². The fourth-order valence-electron chi connectivity index (χ4n) is 1.66. The summed E-state index contributed by atoms with van der Waals surface area (Å²) >= 11 is 0. The molecule has 0 unspecified atom stereocenters. The van der Waals surface area contributed by atoms with Crippen LogP contribution in [-0.4, -0.2) is 11.1 Å². The zero-order valence-corrected chi connectivity index (χ0v) is 10.3. The molecule has 2 aromatic rings. The first-order valence-electron chi connectivity index (χ1n) is 5.62. The second kappa shape index (κ2) is 5.23. The summed E-state index contributed by atoms with van der Waals surface area (Å²) in [6.45, 7) is 1.87. The van der Waals surface area contributed by atoms with Crippen LogP contribution in [0.5, 0.6) is 11.5 Å². The third-order valence-electron chi connectivity index (χ3n) is 2.59. The summed E-state index contributed by atoms with van der Waals surface area (Å²) in [6, 6.07) is 13.5. The first-order valence-corrected chi connectivity index (χ1v) is 5.62. The monoisotopic (exact) mass is 253 g/mol. The van der Waals surface area contributed by atoms with Crippen LogP contribution in [0, 0.1) is 18.3 Å². The van der Waals surface area contributed by atoms with E-state index in [2.05, 4.69) is 0 Å². The van der Waals surface area contributed by atoms with Crippen molar-refractivity contribution in [2.45, 2.75) is 6.92 Å². The van der Waals surface area contributed by atoms with Gasteiger partial charge in [0.25, 0.3) is 0 Å². The molecular formula is C15H11NO3. The maximum Gasteiger partial charge on any atom is 0.339 e. The van der Waals surface area contributed by atoms with Gasteiger partial charge in [0.2, 0.25) is 0 Å². The molecule has 94 valence electrons. The summed E-state index contributed by atoms with van der Waals surface area (Å²) in [5.74, 6) is -0.491. The van der Waals surface area contributed by atoms with Gasteiger partial charge in [0, 0.05) is 0 Å². The van der Waals surface area contributed by atoms with E-state index in [4.69, 9.17) is 15.1 Å². The predicted octanol–water partition coefficient (Wildman–Crippen LogP) is 3.36. The van der Waals surface area contributed by atoms with E-state index in [0.29, 0.717) is 11.3 Å². The Balaban J connectivity index is 2.45. The number of carbonyl (C=O) groups is 1. The van der Waals surface area contributed by atoms with Crippen LogP contribution in [0.15, 0.2) is 42.5 Å². The molecule has 0 aromatic heterocycles. The summed E-state index contributed by atoms with van der Waals surface area (Å²) in [5, 5.41) is 18.1. The summed E-state index contributed by atoms with van der Waals surface area (Å²) in [4.78, 5) is 11.1. The van der Waals surface area contributed by atoms with Crippen molar-refractivity contribution in [1.82, 2.24) is 0 Å². The maximum atomic E-state index is 11.1. The van der Waals surface area contributed by atoms with Gasteiger partial charge in [0.1, 0.15) is 23.1 Å². The first-order chi connectivity index (χ1) is 9.11. The highest BCUT2D eigenvalue weighted by atomic mass is 16.5. The SMILES string of the molecule is Cc1ccc(C#N)c(Oc2ccccc2C(=O)O)c1. The molecule has 0 aliphatic heterocycles. The summed E-state index contributed by atoms with van der Waals surface area (Å²) in [5.41, 5.74) is 1.36. The molecule has 4 heteroatoms. The topological polar surface area (TPSA) is 70.3 Å². The minimum atomic E-state index is -1.07. The van der Waals surface area contributed by atoms with Crippen LogP contribution in [0.3, 0.4) is 0 Å². The van der Waals surface area contributed by atoms with E-state index < -0.39 is 5.97 Å². The Kier molecular flexibility index (Phi) is 3.48. The van der Waals surface area contributed by atoms with Gasteiger partial charge in [-0.15, -0.1) is 0 Å². The van der Waals surface area contributed by atoms with Crippen LogP contribution >= 0.6 is 0 Å². The minimum absolute atomic E-state index is 0.0629. The normalized spacial score (nSPS) is 9.68. The number of hydrogen-bond acceptors (Lipinski definition) is 3. The van der Waals surface area contributed by atoms with E-state index >= 15 is 0 Å². The minimum Gasteiger partial charge on any atom is -0.478 e. The summed E-state index contributed by atoms with van der Waals surface area (Å²) in [7, 11) is 0. The number of benzene rings is 2. The highest BCUT2D eigenvalue weighted by molar-refractivity contribution is 5.90. The van der Waals surface area contributed by atoms with Crippen LogP contribution < -0.4 is 4.74 Å². The molecule has 0 saturated carbocycles. The second-order valence-electron chi connectivity index (χ2n) is 4.01. The Morgan fingerprint density at radius 3 is 2.63 bits per heavy atom. The number of carboxylic acid groups (broad SMARTS) is 1. The molecule has 0 heterocycles. The average molecular weight is 253 g/mol.